The number of rotatable bonds is 8. The van der Waals surface area contributed by atoms with E-state index in [0.29, 0.717) is 37.5 Å². The molecule has 0 unspecified atom stereocenters. The number of amides is 2. The van der Waals surface area contributed by atoms with Crippen molar-refractivity contribution >= 4 is 17.5 Å². The second-order valence-electron chi connectivity index (χ2n) is 11.2. The molecule has 0 radical (unpaired) electrons. The van der Waals surface area contributed by atoms with Crippen LogP contribution in [0.1, 0.15) is 48.2 Å². The highest BCUT2D eigenvalue weighted by molar-refractivity contribution is 5.78. The molecule has 1 N–H and O–H groups in total. The molecule has 3 aromatic heterocycles. The molecule has 10 heteroatoms. The van der Waals surface area contributed by atoms with Crippen LogP contribution >= 0.6 is 0 Å². The monoisotopic (exact) mass is 550 g/mol. The van der Waals surface area contributed by atoms with Crippen molar-refractivity contribution in [2.45, 2.75) is 44.6 Å². The van der Waals surface area contributed by atoms with Crippen LogP contribution in [0.5, 0.6) is 5.75 Å². The first kappa shape index (κ1) is 26.6. The number of ether oxygens (including phenoxy) is 1. The molecule has 2 fully saturated rings. The number of nitrogens with one attached hydrogen (secondary N) is 1. The van der Waals surface area contributed by atoms with E-state index in [1.54, 1.807) is 16.8 Å². The third-order valence-electron chi connectivity index (χ3n) is 8.18. The summed E-state index contributed by atoms with van der Waals surface area (Å²) in [6.45, 7) is 7.57. The molecule has 2 amide bonds. The number of hydrogen-bond donors (Lipinski definition) is 1. The van der Waals surface area contributed by atoms with Gasteiger partial charge in [0.1, 0.15) is 17.6 Å². The lowest BCUT2D eigenvalue weighted by molar-refractivity contribution is 0.217. The first-order valence-electron chi connectivity index (χ1n) is 14.1. The van der Waals surface area contributed by atoms with Crippen LogP contribution in [0.25, 0.3) is 5.65 Å². The number of aromatic nitrogens is 4. The SMILES string of the molecule is Cc1cc(OC[C@H](C)c2ccccc2)cn2nc(CCN3CC4(CCN(c5ccc(C#N)cn5)CC4)NC3=O)nc12. The molecular weight excluding hydrogens is 516 g/mol. The lowest BCUT2D eigenvalue weighted by Crippen LogP contribution is -2.52. The van der Waals surface area contributed by atoms with Gasteiger partial charge >= 0.3 is 6.03 Å². The third kappa shape index (κ3) is 5.66. The van der Waals surface area contributed by atoms with Crippen molar-refractivity contribution in [1.29, 1.82) is 5.26 Å². The number of fused-ring (bicyclic) bond motifs is 1. The minimum Gasteiger partial charge on any atom is -0.491 e. The van der Waals surface area contributed by atoms with Crippen LogP contribution in [0, 0.1) is 18.3 Å². The Labute approximate surface area is 239 Å². The predicted octanol–water partition coefficient (Wildman–Crippen LogP) is 4.09. The Morgan fingerprint density at radius 2 is 1.98 bits per heavy atom. The van der Waals surface area contributed by atoms with Gasteiger partial charge in [-0.15, -0.1) is 0 Å². The van der Waals surface area contributed by atoms with Crippen molar-refractivity contribution in [2.24, 2.45) is 0 Å². The third-order valence-corrected chi connectivity index (χ3v) is 8.18. The highest BCUT2D eigenvalue weighted by Crippen LogP contribution is 2.30. The van der Waals surface area contributed by atoms with Gasteiger partial charge in [-0.1, -0.05) is 37.3 Å². The number of carbonyl (C=O) groups is 1. The number of benzene rings is 1. The second kappa shape index (κ2) is 11.1. The maximum atomic E-state index is 12.9. The fourth-order valence-corrected chi connectivity index (χ4v) is 5.73. The quantitative estimate of drug-likeness (QED) is 0.352. The molecule has 1 atom stereocenters. The molecule has 2 aliphatic heterocycles. The minimum atomic E-state index is -0.230. The van der Waals surface area contributed by atoms with E-state index in [1.807, 2.05) is 48.4 Å². The summed E-state index contributed by atoms with van der Waals surface area (Å²) < 4.78 is 7.90. The van der Waals surface area contributed by atoms with E-state index in [-0.39, 0.29) is 17.5 Å². The van der Waals surface area contributed by atoms with Crippen LogP contribution < -0.4 is 15.0 Å². The number of hydrogen-bond acceptors (Lipinski definition) is 7. The lowest BCUT2D eigenvalue weighted by atomic mass is 9.88. The molecule has 5 heterocycles. The van der Waals surface area contributed by atoms with E-state index < -0.39 is 0 Å². The average Bonchev–Trinajstić information content (AvgIpc) is 3.56. The van der Waals surface area contributed by atoms with Crippen LogP contribution in [0.4, 0.5) is 10.6 Å². The maximum absolute atomic E-state index is 12.9. The van der Waals surface area contributed by atoms with E-state index in [2.05, 4.69) is 40.3 Å². The van der Waals surface area contributed by atoms with Gasteiger partial charge in [-0.2, -0.15) is 10.4 Å². The maximum Gasteiger partial charge on any atom is 0.317 e. The van der Waals surface area contributed by atoms with Crippen molar-refractivity contribution in [3.8, 4) is 11.8 Å². The molecule has 1 spiro atoms. The normalized spacial score (nSPS) is 17.0. The van der Waals surface area contributed by atoms with Crippen LogP contribution in [-0.2, 0) is 6.42 Å². The van der Waals surface area contributed by atoms with Gasteiger partial charge in [0, 0.05) is 44.7 Å². The number of anilines is 1. The van der Waals surface area contributed by atoms with Gasteiger partial charge in [0.15, 0.2) is 11.5 Å². The second-order valence-corrected chi connectivity index (χ2v) is 11.2. The van der Waals surface area contributed by atoms with E-state index in [1.165, 1.54) is 5.56 Å². The Hall–Kier alpha value is -4.65. The lowest BCUT2D eigenvalue weighted by Gasteiger charge is -2.39. The van der Waals surface area contributed by atoms with Gasteiger partial charge in [-0.05, 0) is 49.1 Å². The molecule has 210 valence electrons. The zero-order chi connectivity index (χ0) is 28.4. The molecule has 1 aromatic carbocycles. The van der Waals surface area contributed by atoms with Crippen molar-refractivity contribution in [1.82, 2.24) is 29.8 Å². The molecule has 0 bridgehead atoms. The van der Waals surface area contributed by atoms with E-state index in [9.17, 15) is 4.79 Å². The summed E-state index contributed by atoms with van der Waals surface area (Å²) in [6, 6.07) is 18.1. The van der Waals surface area contributed by atoms with E-state index in [0.717, 1.165) is 48.7 Å². The number of pyridine rings is 2. The number of nitriles is 1. The molecule has 10 nitrogen and oxygen atoms in total. The summed E-state index contributed by atoms with van der Waals surface area (Å²) in [5, 5.41) is 17.0. The number of carbonyl (C=O) groups excluding carboxylic acids is 1. The van der Waals surface area contributed by atoms with Crippen LogP contribution in [0.3, 0.4) is 0 Å². The zero-order valence-corrected chi connectivity index (χ0v) is 23.5. The van der Waals surface area contributed by atoms with Gasteiger partial charge in [0.05, 0.1) is 23.9 Å². The summed E-state index contributed by atoms with van der Waals surface area (Å²) in [7, 11) is 0. The number of nitrogens with zero attached hydrogens (tertiary/aromatic N) is 7. The van der Waals surface area contributed by atoms with Crippen molar-refractivity contribution in [3.63, 3.8) is 0 Å². The number of piperidine rings is 1. The fourth-order valence-electron chi connectivity index (χ4n) is 5.73. The molecular formula is C31H34N8O2. The Bertz CT molecular complexity index is 1570. The van der Waals surface area contributed by atoms with Crippen molar-refractivity contribution in [3.05, 3.63) is 83.4 Å². The summed E-state index contributed by atoms with van der Waals surface area (Å²) in [5.41, 5.74) is 3.37. The molecule has 2 saturated heterocycles. The molecule has 0 aliphatic carbocycles. The summed E-state index contributed by atoms with van der Waals surface area (Å²) >= 11 is 0. The Morgan fingerprint density at radius 3 is 2.71 bits per heavy atom. The zero-order valence-electron chi connectivity index (χ0n) is 23.5. The minimum absolute atomic E-state index is 0.0295. The Kier molecular flexibility index (Phi) is 7.18. The van der Waals surface area contributed by atoms with Crippen LogP contribution in [-0.4, -0.2) is 68.8 Å². The molecule has 41 heavy (non-hydrogen) atoms. The smallest absolute Gasteiger partial charge is 0.317 e. The van der Waals surface area contributed by atoms with Gasteiger partial charge in [-0.3, -0.25) is 0 Å². The highest BCUT2D eigenvalue weighted by Gasteiger charge is 2.44. The van der Waals surface area contributed by atoms with Gasteiger partial charge in [0.25, 0.3) is 0 Å². The van der Waals surface area contributed by atoms with Gasteiger partial charge in [-0.25, -0.2) is 19.3 Å². The van der Waals surface area contributed by atoms with Crippen molar-refractivity contribution in [2.75, 3.05) is 37.7 Å². The number of urea groups is 1. The standard InChI is InChI=1S/C31H34N8O2/c1-22-16-26(41-20-23(2)25-6-4-3-5-7-25)19-39-29(22)34-27(36-39)10-13-38-21-31(35-30(38)40)11-14-37(15-12-31)28-9-8-24(17-32)18-33-28/h3-9,16,18-19,23H,10-15,20-21H2,1-2H3,(H,35,40)/t23-/m0/s1. The highest BCUT2D eigenvalue weighted by atomic mass is 16.5. The molecule has 0 saturated carbocycles. The molecule has 6 rings (SSSR count). The topological polar surface area (TPSA) is 112 Å². The fraction of sp³-hybridized carbons (Fsp3) is 0.387. The largest absolute Gasteiger partial charge is 0.491 e. The average molecular weight is 551 g/mol. The molecule has 2 aliphatic rings. The Morgan fingerprint density at radius 1 is 1.17 bits per heavy atom. The summed E-state index contributed by atoms with van der Waals surface area (Å²) in [4.78, 5) is 26.2. The first-order chi connectivity index (χ1) is 19.9. The van der Waals surface area contributed by atoms with Crippen molar-refractivity contribution < 1.29 is 9.53 Å². The molecule has 4 aromatic rings. The Balaban J connectivity index is 1.04. The van der Waals surface area contributed by atoms with E-state index in [4.69, 9.17) is 20.1 Å². The first-order valence-corrected chi connectivity index (χ1v) is 14.1. The van der Waals surface area contributed by atoms with Gasteiger partial charge in [0.2, 0.25) is 0 Å². The van der Waals surface area contributed by atoms with Crippen LogP contribution in [0.2, 0.25) is 0 Å². The summed E-state index contributed by atoms with van der Waals surface area (Å²) in [6.07, 6.45) is 5.74. The van der Waals surface area contributed by atoms with E-state index >= 15 is 0 Å². The predicted molar refractivity (Wildman–Crippen MR) is 155 cm³/mol. The van der Waals surface area contributed by atoms with Crippen LogP contribution in [0.15, 0.2) is 60.9 Å². The number of aryl methyl sites for hydroxylation is 1. The summed E-state index contributed by atoms with van der Waals surface area (Å²) in [5.74, 6) is 2.61. The van der Waals surface area contributed by atoms with Gasteiger partial charge < -0.3 is 19.9 Å².